The molecule has 0 radical (unpaired) electrons. The van der Waals surface area contributed by atoms with Gasteiger partial charge in [-0.15, -0.1) is 11.8 Å². The second-order valence-corrected chi connectivity index (χ2v) is 8.20. The zero-order valence-corrected chi connectivity index (χ0v) is 14.4. The number of amides is 2. The topological polar surface area (TPSA) is 58.6 Å². The predicted octanol–water partition coefficient (Wildman–Crippen LogP) is 2.12. The molecule has 1 heterocycles. The average Bonchev–Trinajstić information content (AvgIpc) is 2.59. The van der Waals surface area contributed by atoms with Crippen LogP contribution in [0.1, 0.15) is 34.6 Å². The van der Waals surface area contributed by atoms with Crippen LogP contribution >= 0.6 is 24.4 Å². The molecule has 0 aromatic heterocycles. The largest absolute Gasteiger partial charge is 0.444 e. The highest BCUT2D eigenvalue weighted by molar-refractivity contribution is 8.00. The van der Waals surface area contributed by atoms with Gasteiger partial charge in [-0.25, -0.2) is 4.79 Å². The van der Waals surface area contributed by atoms with E-state index >= 15 is 0 Å². The normalized spacial score (nSPS) is 21.7. The van der Waals surface area contributed by atoms with Crippen LogP contribution in [0.5, 0.6) is 0 Å². The van der Waals surface area contributed by atoms with Gasteiger partial charge >= 0.3 is 6.09 Å². The van der Waals surface area contributed by atoms with Gasteiger partial charge in [0.2, 0.25) is 5.91 Å². The molecule has 116 valence electrons. The van der Waals surface area contributed by atoms with E-state index < -0.39 is 11.7 Å². The number of thiol groups is 1. The molecule has 1 aliphatic heterocycles. The first-order chi connectivity index (χ1) is 9.07. The molecule has 0 bridgehead atoms. The van der Waals surface area contributed by atoms with Gasteiger partial charge in [-0.05, 0) is 34.6 Å². The summed E-state index contributed by atoms with van der Waals surface area (Å²) in [7, 11) is 0. The number of carbonyl (C=O) groups excluding carboxylic acids is 2. The summed E-state index contributed by atoms with van der Waals surface area (Å²) in [5, 5.41) is 2.51. The Balaban J connectivity index is 2.56. The first kappa shape index (κ1) is 17.5. The Labute approximate surface area is 130 Å². The first-order valence-corrected chi connectivity index (χ1v) is 8.22. The molecule has 0 aromatic carbocycles. The molecule has 1 rings (SSSR count). The van der Waals surface area contributed by atoms with Crippen LogP contribution in [0.15, 0.2) is 0 Å². The number of thioether (sulfide) groups is 1. The molecule has 0 spiro atoms. The third-order valence-corrected chi connectivity index (χ3v) is 4.71. The lowest BCUT2D eigenvalue weighted by atomic mass is 10.2. The highest BCUT2D eigenvalue weighted by atomic mass is 32.2. The molecule has 5 nitrogen and oxygen atoms in total. The van der Waals surface area contributed by atoms with E-state index in [9.17, 15) is 9.59 Å². The molecule has 1 saturated heterocycles. The Morgan fingerprint density at radius 3 is 2.55 bits per heavy atom. The standard InChI is InChI=1S/C13H24N2O3S2/c1-12(2,3)18-11(17)14-6-10(16)15-9(7-19)8-20-13(15,4)5/h9,19H,6-8H2,1-5H3,(H,14,17). The lowest BCUT2D eigenvalue weighted by Gasteiger charge is -2.34. The van der Waals surface area contributed by atoms with Gasteiger partial charge in [0.15, 0.2) is 0 Å². The average molecular weight is 320 g/mol. The quantitative estimate of drug-likeness (QED) is 0.782. The summed E-state index contributed by atoms with van der Waals surface area (Å²) >= 11 is 6.02. The first-order valence-electron chi connectivity index (χ1n) is 6.60. The molecule has 20 heavy (non-hydrogen) atoms. The minimum absolute atomic E-state index is 0.0524. The van der Waals surface area contributed by atoms with Crippen LogP contribution in [-0.4, -0.2) is 51.5 Å². The summed E-state index contributed by atoms with van der Waals surface area (Å²) in [6.07, 6.45) is -0.571. The zero-order valence-electron chi connectivity index (χ0n) is 12.7. The van der Waals surface area contributed by atoms with Gasteiger partial charge in [0.1, 0.15) is 12.1 Å². The van der Waals surface area contributed by atoms with Crippen molar-refractivity contribution in [3.8, 4) is 0 Å². The third kappa shape index (κ3) is 4.77. The van der Waals surface area contributed by atoms with Crippen molar-refractivity contribution in [2.24, 2.45) is 0 Å². The van der Waals surface area contributed by atoms with Crippen LogP contribution < -0.4 is 5.32 Å². The molecule has 7 heteroatoms. The van der Waals surface area contributed by atoms with Crippen molar-refractivity contribution in [2.75, 3.05) is 18.1 Å². The minimum atomic E-state index is -0.571. The van der Waals surface area contributed by atoms with Gasteiger partial charge in [0, 0.05) is 11.5 Å². The molecule has 1 fully saturated rings. The molecular weight excluding hydrogens is 296 g/mol. The summed E-state index contributed by atoms with van der Waals surface area (Å²) in [6, 6.07) is 0.103. The summed E-state index contributed by atoms with van der Waals surface area (Å²) < 4.78 is 5.11. The summed E-state index contributed by atoms with van der Waals surface area (Å²) in [5.74, 6) is 1.38. The molecular formula is C13H24N2O3S2. The minimum Gasteiger partial charge on any atom is -0.444 e. The van der Waals surface area contributed by atoms with E-state index in [1.807, 2.05) is 18.7 Å². The maximum atomic E-state index is 12.3. The maximum absolute atomic E-state index is 12.3. The fourth-order valence-electron chi connectivity index (χ4n) is 2.07. The smallest absolute Gasteiger partial charge is 0.408 e. The highest BCUT2D eigenvalue weighted by Gasteiger charge is 2.42. The van der Waals surface area contributed by atoms with E-state index in [4.69, 9.17) is 4.74 Å². The van der Waals surface area contributed by atoms with Crippen molar-refractivity contribution in [3.05, 3.63) is 0 Å². The Morgan fingerprint density at radius 2 is 2.05 bits per heavy atom. The molecule has 1 aliphatic rings. The van der Waals surface area contributed by atoms with Crippen molar-refractivity contribution in [3.63, 3.8) is 0 Å². The molecule has 1 unspecified atom stereocenters. The number of alkyl carbamates (subject to hydrolysis) is 1. The number of rotatable bonds is 3. The van der Waals surface area contributed by atoms with Crippen LogP contribution in [0.25, 0.3) is 0 Å². The molecule has 0 aliphatic carbocycles. The number of carbonyl (C=O) groups is 2. The summed E-state index contributed by atoms with van der Waals surface area (Å²) in [4.78, 5) is 25.4. The van der Waals surface area contributed by atoms with Crippen molar-refractivity contribution in [1.82, 2.24) is 10.2 Å². The Kier molecular flexibility index (Phi) is 5.66. The lowest BCUT2D eigenvalue weighted by Crippen LogP contribution is -2.51. The maximum Gasteiger partial charge on any atom is 0.408 e. The van der Waals surface area contributed by atoms with E-state index in [1.54, 1.807) is 32.5 Å². The van der Waals surface area contributed by atoms with Crippen LogP contribution in [0.2, 0.25) is 0 Å². The molecule has 1 N–H and O–H groups in total. The van der Waals surface area contributed by atoms with Crippen molar-refractivity contribution < 1.29 is 14.3 Å². The molecule has 0 saturated carbocycles. The number of nitrogens with one attached hydrogen (secondary N) is 1. The van der Waals surface area contributed by atoms with Gasteiger partial charge < -0.3 is 15.0 Å². The van der Waals surface area contributed by atoms with Gasteiger partial charge in [-0.3, -0.25) is 4.79 Å². The van der Waals surface area contributed by atoms with Crippen molar-refractivity contribution >= 4 is 36.4 Å². The van der Waals surface area contributed by atoms with Crippen molar-refractivity contribution in [1.29, 1.82) is 0 Å². The second-order valence-electron chi connectivity index (χ2n) is 6.21. The lowest BCUT2D eigenvalue weighted by molar-refractivity contribution is -0.133. The molecule has 0 aromatic rings. The predicted molar refractivity (Wildman–Crippen MR) is 85.3 cm³/mol. The van der Waals surface area contributed by atoms with E-state index in [0.29, 0.717) is 5.75 Å². The number of hydrogen-bond donors (Lipinski definition) is 2. The van der Waals surface area contributed by atoms with Crippen LogP contribution in [0, 0.1) is 0 Å². The van der Waals surface area contributed by atoms with Crippen molar-refractivity contribution in [2.45, 2.75) is 51.1 Å². The van der Waals surface area contributed by atoms with Gasteiger partial charge in [0.25, 0.3) is 0 Å². The monoisotopic (exact) mass is 320 g/mol. The number of ether oxygens (including phenoxy) is 1. The van der Waals surface area contributed by atoms with E-state index in [-0.39, 0.29) is 23.4 Å². The van der Waals surface area contributed by atoms with E-state index in [2.05, 4.69) is 17.9 Å². The fraction of sp³-hybridized carbons (Fsp3) is 0.846. The zero-order chi connectivity index (χ0) is 15.6. The van der Waals surface area contributed by atoms with E-state index in [1.165, 1.54) is 0 Å². The van der Waals surface area contributed by atoms with Crippen LogP contribution in [0.4, 0.5) is 4.79 Å². The molecule has 2 amide bonds. The Morgan fingerprint density at radius 1 is 1.45 bits per heavy atom. The van der Waals surface area contributed by atoms with Crippen LogP contribution in [-0.2, 0) is 9.53 Å². The van der Waals surface area contributed by atoms with E-state index in [0.717, 1.165) is 5.75 Å². The summed E-state index contributed by atoms with van der Waals surface area (Å²) in [5.41, 5.74) is -0.566. The number of hydrogen-bond acceptors (Lipinski definition) is 5. The van der Waals surface area contributed by atoms with Gasteiger partial charge in [-0.1, -0.05) is 0 Å². The highest BCUT2D eigenvalue weighted by Crippen LogP contribution is 2.39. The third-order valence-electron chi connectivity index (χ3n) is 2.84. The number of nitrogens with zero attached hydrogens (tertiary/aromatic N) is 1. The van der Waals surface area contributed by atoms with Gasteiger partial charge in [0.05, 0.1) is 10.9 Å². The fourth-order valence-corrected chi connectivity index (χ4v) is 3.79. The Bertz CT molecular complexity index is 380. The van der Waals surface area contributed by atoms with Gasteiger partial charge in [-0.2, -0.15) is 12.6 Å². The second kappa shape index (κ2) is 6.47. The molecule has 1 atom stereocenters. The summed E-state index contributed by atoms with van der Waals surface area (Å²) in [6.45, 7) is 9.31. The SMILES string of the molecule is CC(C)(C)OC(=O)NCC(=O)N1C(CS)CSC1(C)C. The van der Waals surface area contributed by atoms with Crippen LogP contribution in [0.3, 0.4) is 0 Å². The Hall–Kier alpha value is -0.560.